The van der Waals surface area contributed by atoms with Gasteiger partial charge in [-0.15, -0.1) is 0 Å². The van der Waals surface area contributed by atoms with Gasteiger partial charge in [-0.2, -0.15) is 0 Å². The molecule has 1 N–H and O–H groups in total. The summed E-state index contributed by atoms with van der Waals surface area (Å²) in [6.07, 6.45) is 1.55. The van der Waals surface area contributed by atoms with Gasteiger partial charge in [0.25, 0.3) is 0 Å². The lowest BCUT2D eigenvalue weighted by atomic mass is 10.1. The van der Waals surface area contributed by atoms with Crippen molar-refractivity contribution in [2.24, 2.45) is 0 Å². The maximum atomic E-state index is 13.1. The molecule has 24 heavy (non-hydrogen) atoms. The standard InChI is InChI=1S/C18H21FN2O2S/c1-21(2)18(16-8-10-17(19)11-9-16)14-20-24(22,23)13-12-15-6-4-3-5-7-15/h3-13,18,20H,14H2,1-2H3/b13-12-/t18-/m0/s1. The highest BCUT2D eigenvalue weighted by Crippen LogP contribution is 2.18. The zero-order chi connectivity index (χ0) is 17.6. The highest BCUT2D eigenvalue weighted by molar-refractivity contribution is 7.92. The molecule has 1 atom stereocenters. The molecule has 2 aromatic rings. The molecule has 0 amide bonds. The van der Waals surface area contributed by atoms with E-state index in [1.807, 2.05) is 49.3 Å². The van der Waals surface area contributed by atoms with Crippen molar-refractivity contribution in [3.05, 3.63) is 76.9 Å². The average Bonchev–Trinajstić information content (AvgIpc) is 2.55. The highest BCUT2D eigenvalue weighted by Gasteiger charge is 2.16. The quantitative estimate of drug-likeness (QED) is 0.837. The van der Waals surface area contributed by atoms with Gasteiger partial charge >= 0.3 is 0 Å². The van der Waals surface area contributed by atoms with Crippen LogP contribution in [0.25, 0.3) is 6.08 Å². The van der Waals surface area contributed by atoms with Crippen molar-refractivity contribution >= 4 is 16.1 Å². The van der Waals surface area contributed by atoms with Gasteiger partial charge < -0.3 is 4.90 Å². The fourth-order valence-corrected chi connectivity index (χ4v) is 3.08. The van der Waals surface area contributed by atoms with Crippen LogP contribution in [0.2, 0.25) is 0 Å². The average molecular weight is 348 g/mol. The van der Waals surface area contributed by atoms with Crippen molar-refractivity contribution < 1.29 is 12.8 Å². The fourth-order valence-electron chi connectivity index (χ4n) is 2.26. The normalized spacial score (nSPS) is 13.5. The van der Waals surface area contributed by atoms with E-state index in [9.17, 15) is 12.8 Å². The first-order valence-corrected chi connectivity index (χ1v) is 9.07. The van der Waals surface area contributed by atoms with Crippen molar-refractivity contribution in [1.29, 1.82) is 0 Å². The Morgan fingerprint density at radius 1 is 1.08 bits per heavy atom. The van der Waals surface area contributed by atoms with Gasteiger partial charge in [-0.25, -0.2) is 17.5 Å². The van der Waals surface area contributed by atoms with Gasteiger partial charge in [-0.1, -0.05) is 42.5 Å². The molecule has 0 heterocycles. The van der Waals surface area contributed by atoms with Crippen LogP contribution in [0.3, 0.4) is 0 Å². The van der Waals surface area contributed by atoms with Crippen LogP contribution in [-0.2, 0) is 10.0 Å². The Labute approximate surface area is 142 Å². The molecule has 0 radical (unpaired) electrons. The van der Waals surface area contributed by atoms with Gasteiger partial charge in [0.2, 0.25) is 10.0 Å². The second-order valence-electron chi connectivity index (χ2n) is 5.64. The molecule has 0 aliphatic heterocycles. The molecular weight excluding hydrogens is 327 g/mol. The minimum Gasteiger partial charge on any atom is -0.301 e. The van der Waals surface area contributed by atoms with E-state index in [2.05, 4.69) is 4.72 Å². The minimum absolute atomic E-state index is 0.189. The molecule has 0 aliphatic carbocycles. The molecule has 0 bridgehead atoms. The van der Waals surface area contributed by atoms with E-state index < -0.39 is 10.0 Å². The molecule has 2 aromatic carbocycles. The summed E-state index contributed by atoms with van der Waals surface area (Å²) in [6, 6.07) is 15.1. The summed E-state index contributed by atoms with van der Waals surface area (Å²) in [5.74, 6) is -0.317. The van der Waals surface area contributed by atoms with Gasteiger partial charge in [0.15, 0.2) is 0 Å². The molecule has 0 fully saturated rings. The summed E-state index contributed by atoms with van der Waals surface area (Å²) in [6.45, 7) is 0.195. The number of benzene rings is 2. The van der Waals surface area contributed by atoms with Crippen LogP contribution in [0.1, 0.15) is 17.2 Å². The van der Waals surface area contributed by atoms with Crippen LogP contribution < -0.4 is 4.72 Å². The van der Waals surface area contributed by atoms with Crippen LogP contribution in [0.15, 0.2) is 60.0 Å². The molecule has 0 saturated carbocycles. The second kappa shape index (κ2) is 8.19. The van der Waals surface area contributed by atoms with Crippen LogP contribution in [0.5, 0.6) is 0 Å². The van der Waals surface area contributed by atoms with Crippen LogP contribution in [-0.4, -0.2) is 34.0 Å². The number of hydrogen-bond donors (Lipinski definition) is 1. The number of nitrogens with zero attached hydrogens (tertiary/aromatic N) is 1. The Balaban J connectivity index is 2.05. The number of nitrogens with one attached hydrogen (secondary N) is 1. The lowest BCUT2D eigenvalue weighted by molar-refractivity contribution is 0.299. The van der Waals surface area contributed by atoms with E-state index in [-0.39, 0.29) is 18.4 Å². The first-order chi connectivity index (χ1) is 11.4. The van der Waals surface area contributed by atoms with Gasteiger partial charge in [-0.3, -0.25) is 0 Å². The number of sulfonamides is 1. The van der Waals surface area contributed by atoms with Crippen molar-refractivity contribution in [3.8, 4) is 0 Å². The molecule has 0 aliphatic rings. The summed E-state index contributed by atoms with van der Waals surface area (Å²) in [4.78, 5) is 1.89. The lowest BCUT2D eigenvalue weighted by Crippen LogP contribution is -2.33. The summed E-state index contributed by atoms with van der Waals surface area (Å²) in [5.41, 5.74) is 1.65. The fraction of sp³-hybridized carbons (Fsp3) is 0.222. The predicted octanol–water partition coefficient (Wildman–Crippen LogP) is 3.02. The Hall–Kier alpha value is -2.02. The monoisotopic (exact) mass is 348 g/mol. The predicted molar refractivity (Wildman–Crippen MR) is 95.2 cm³/mol. The third-order valence-electron chi connectivity index (χ3n) is 3.60. The van der Waals surface area contributed by atoms with Crippen LogP contribution >= 0.6 is 0 Å². The van der Waals surface area contributed by atoms with E-state index in [1.165, 1.54) is 12.1 Å². The van der Waals surface area contributed by atoms with E-state index >= 15 is 0 Å². The third-order valence-corrected chi connectivity index (χ3v) is 4.66. The zero-order valence-corrected chi connectivity index (χ0v) is 14.5. The number of hydrogen-bond acceptors (Lipinski definition) is 3. The van der Waals surface area contributed by atoms with E-state index in [4.69, 9.17) is 0 Å². The van der Waals surface area contributed by atoms with Crippen molar-refractivity contribution in [3.63, 3.8) is 0 Å². The van der Waals surface area contributed by atoms with Crippen LogP contribution in [0, 0.1) is 5.82 Å². The molecule has 6 heteroatoms. The molecule has 0 spiro atoms. The van der Waals surface area contributed by atoms with E-state index in [1.54, 1.807) is 18.2 Å². The van der Waals surface area contributed by atoms with Crippen molar-refractivity contribution in [2.45, 2.75) is 6.04 Å². The number of rotatable bonds is 7. The van der Waals surface area contributed by atoms with Gasteiger partial charge in [-0.05, 0) is 43.4 Å². The molecule has 128 valence electrons. The molecule has 0 unspecified atom stereocenters. The summed E-state index contributed by atoms with van der Waals surface area (Å²) < 4.78 is 39.9. The molecular formula is C18H21FN2O2S. The van der Waals surface area contributed by atoms with Gasteiger partial charge in [0, 0.05) is 18.0 Å². The van der Waals surface area contributed by atoms with Crippen LogP contribution in [0.4, 0.5) is 4.39 Å². The van der Waals surface area contributed by atoms with Crippen molar-refractivity contribution in [1.82, 2.24) is 9.62 Å². The SMILES string of the molecule is CN(C)[C@@H](CNS(=O)(=O)/C=C\c1ccccc1)c1ccc(F)cc1. The Bertz CT molecular complexity index is 772. The molecule has 0 saturated heterocycles. The van der Waals surface area contributed by atoms with E-state index in [0.29, 0.717) is 0 Å². The largest absolute Gasteiger partial charge is 0.301 e. The summed E-state index contributed by atoms with van der Waals surface area (Å²) in [7, 11) is 0.143. The smallest absolute Gasteiger partial charge is 0.233 e. The summed E-state index contributed by atoms with van der Waals surface area (Å²) in [5, 5.41) is 1.15. The third kappa shape index (κ3) is 5.56. The highest BCUT2D eigenvalue weighted by atomic mass is 32.2. The Morgan fingerprint density at radius 3 is 2.29 bits per heavy atom. The Morgan fingerprint density at radius 2 is 1.71 bits per heavy atom. The molecule has 0 aromatic heterocycles. The number of halogens is 1. The Kier molecular flexibility index (Phi) is 6.25. The van der Waals surface area contributed by atoms with Crippen molar-refractivity contribution in [2.75, 3.05) is 20.6 Å². The maximum Gasteiger partial charge on any atom is 0.233 e. The maximum absolute atomic E-state index is 13.1. The number of likely N-dealkylation sites (N-methyl/N-ethyl adjacent to an activating group) is 1. The first kappa shape index (κ1) is 18.3. The second-order valence-corrected chi connectivity index (χ2v) is 7.29. The van der Waals surface area contributed by atoms with Gasteiger partial charge in [0.05, 0.1) is 0 Å². The first-order valence-electron chi connectivity index (χ1n) is 7.52. The summed E-state index contributed by atoms with van der Waals surface area (Å²) >= 11 is 0. The van der Waals surface area contributed by atoms with E-state index in [0.717, 1.165) is 16.5 Å². The lowest BCUT2D eigenvalue weighted by Gasteiger charge is -2.24. The molecule has 4 nitrogen and oxygen atoms in total. The molecule has 2 rings (SSSR count). The zero-order valence-electron chi connectivity index (χ0n) is 13.7. The topological polar surface area (TPSA) is 49.4 Å². The van der Waals surface area contributed by atoms with Gasteiger partial charge in [0.1, 0.15) is 5.82 Å². The minimum atomic E-state index is -3.56.